The predicted molar refractivity (Wildman–Crippen MR) is 108 cm³/mol. The molecule has 4 aromatic rings. The molecule has 1 N–H and O–H groups in total. The third-order valence-corrected chi connectivity index (χ3v) is 4.36. The number of hydrogen-bond donors (Lipinski definition) is 1. The Morgan fingerprint density at radius 1 is 1.00 bits per heavy atom. The highest BCUT2D eigenvalue weighted by molar-refractivity contribution is 5.67. The lowest BCUT2D eigenvalue weighted by atomic mass is 10.1. The molecule has 3 aromatic heterocycles. The van der Waals surface area contributed by atoms with Crippen LogP contribution < -0.4 is 14.2 Å². The molecule has 0 bridgehead atoms. The lowest BCUT2D eigenvalue weighted by molar-refractivity contribution is -0.122. The maximum Gasteiger partial charge on any atom is 0.290 e. The number of fused-ring (bicyclic) bond motifs is 1. The molecule has 10 nitrogen and oxygen atoms in total. The van der Waals surface area contributed by atoms with Gasteiger partial charge < -0.3 is 23.9 Å². The predicted octanol–water partition coefficient (Wildman–Crippen LogP) is 2.37. The number of carboxylic acid groups (broad SMARTS) is 1. The fourth-order valence-electron chi connectivity index (χ4n) is 3.09. The summed E-state index contributed by atoms with van der Waals surface area (Å²) in [7, 11) is 4.78. The molecule has 0 aliphatic heterocycles. The van der Waals surface area contributed by atoms with Crippen LogP contribution in [0.25, 0.3) is 17.0 Å². The largest absolute Gasteiger partial charge is 0.493 e. The zero-order valence-corrected chi connectivity index (χ0v) is 16.7. The van der Waals surface area contributed by atoms with E-state index in [0.29, 0.717) is 23.8 Å². The van der Waals surface area contributed by atoms with Crippen LogP contribution in [0.1, 0.15) is 5.69 Å². The smallest absolute Gasteiger partial charge is 0.290 e. The van der Waals surface area contributed by atoms with Gasteiger partial charge in [0.25, 0.3) is 6.47 Å². The molecule has 0 aliphatic rings. The molecule has 3 heterocycles. The van der Waals surface area contributed by atoms with Crippen LogP contribution in [0.3, 0.4) is 0 Å². The Kier molecular flexibility index (Phi) is 6.48. The lowest BCUT2D eigenvalue weighted by Gasteiger charge is -2.15. The fraction of sp³-hybridized carbons (Fsp3) is 0.200. The van der Waals surface area contributed by atoms with E-state index in [9.17, 15) is 0 Å². The average Bonchev–Trinajstić information content (AvgIpc) is 3.41. The lowest BCUT2D eigenvalue weighted by Crippen LogP contribution is -2.04. The first-order chi connectivity index (χ1) is 14.7. The van der Waals surface area contributed by atoms with Crippen LogP contribution >= 0.6 is 0 Å². The van der Waals surface area contributed by atoms with Crippen molar-refractivity contribution < 1.29 is 24.1 Å². The Morgan fingerprint density at radius 3 is 2.33 bits per heavy atom. The Balaban J connectivity index is 0.000000806. The number of ether oxygens (including phenoxy) is 3. The van der Waals surface area contributed by atoms with Crippen molar-refractivity contribution in [2.45, 2.75) is 6.54 Å². The van der Waals surface area contributed by atoms with Gasteiger partial charge in [-0.15, -0.1) is 0 Å². The molecule has 156 valence electrons. The minimum atomic E-state index is -0.250. The van der Waals surface area contributed by atoms with Crippen LogP contribution in [0.5, 0.6) is 17.2 Å². The van der Waals surface area contributed by atoms with Gasteiger partial charge in [-0.2, -0.15) is 0 Å². The van der Waals surface area contributed by atoms with Gasteiger partial charge in [-0.3, -0.25) is 14.2 Å². The highest BCUT2D eigenvalue weighted by Gasteiger charge is 2.17. The molecule has 0 aliphatic carbocycles. The highest BCUT2D eigenvalue weighted by Crippen LogP contribution is 2.40. The van der Waals surface area contributed by atoms with Crippen LogP contribution in [0.15, 0.2) is 49.3 Å². The van der Waals surface area contributed by atoms with E-state index < -0.39 is 0 Å². The zero-order valence-electron chi connectivity index (χ0n) is 16.7. The van der Waals surface area contributed by atoms with Gasteiger partial charge >= 0.3 is 0 Å². The number of carbonyl (C=O) groups is 1. The van der Waals surface area contributed by atoms with Crippen molar-refractivity contribution in [1.82, 2.24) is 23.9 Å². The minimum Gasteiger partial charge on any atom is -0.493 e. The topological polar surface area (TPSA) is 113 Å². The van der Waals surface area contributed by atoms with Crippen LogP contribution in [0, 0.1) is 0 Å². The maximum atomic E-state index is 8.36. The van der Waals surface area contributed by atoms with E-state index >= 15 is 0 Å². The molecule has 4 rings (SSSR count). The van der Waals surface area contributed by atoms with Crippen LogP contribution in [0.2, 0.25) is 0 Å². The molecule has 0 fully saturated rings. The number of hydrogen-bond acceptors (Lipinski definition) is 7. The Bertz CT molecular complexity index is 1110. The SMILES string of the molecule is COc1cc(-c2nccn2Cc2cnc3cnccn23)cc(OC)c1OC.O=CO. The normalized spacial score (nSPS) is 10.2. The standard InChI is InChI=1S/C19H19N5O3.CH2O2/c1-25-15-8-13(9-16(26-2)18(15)27-3)19-21-5-6-23(19)12-14-10-22-17-11-20-4-7-24(14)17;2-1-3/h4-11H,12H2,1-3H3;1H,(H,2,3). The summed E-state index contributed by atoms with van der Waals surface area (Å²) in [6.07, 6.45) is 10.9. The van der Waals surface area contributed by atoms with Crippen molar-refractivity contribution in [2.24, 2.45) is 0 Å². The number of benzene rings is 1. The third-order valence-electron chi connectivity index (χ3n) is 4.36. The van der Waals surface area contributed by atoms with Gasteiger partial charge in [0.1, 0.15) is 5.82 Å². The molecule has 10 heteroatoms. The molecule has 30 heavy (non-hydrogen) atoms. The van der Waals surface area contributed by atoms with Crippen molar-refractivity contribution in [1.29, 1.82) is 0 Å². The molecule has 0 atom stereocenters. The Labute approximate surface area is 172 Å². The molecule has 0 saturated heterocycles. The van der Waals surface area contributed by atoms with E-state index in [0.717, 1.165) is 22.7 Å². The summed E-state index contributed by atoms with van der Waals surface area (Å²) in [6.45, 7) is 0.358. The highest BCUT2D eigenvalue weighted by atomic mass is 16.5. The van der Waals surface area contributed by atoms with Crippen molar-refractivity contribution in [3.63, 3.8) is 0 Å². The second-order valence-corrected chi connectivity index (χ2v) is 5.95. The molecule has 0 unspecified atom stereocenters. The fourth-order valence-corrected chi connectivity index (χ4v) is 3.09. The quantitative estimate of drug-likeness (QED) is 0.481. The molecule has 0 amide bonds. The van der Waals surface area contributed by atoms with E-state index in [2.05, 4.69) is 15.0 Å². The number of aromatic nitrogens is 5. The minimum absolute atomic E-state index is 0.250. The first-order valence-electron chi connectivity index (χ1n) is 8.82. The van der Waals surface area contributed by atoms with Gasteiger partial charge in [0, 0.05) is 30.4 Å². The third kappa shape index (κ3) is 4.02. The van der Waals surface area contributed by atoms with Gasteiger partial charge in [0.2, 0.25) is 5.75 Å². The first-order valence-corrected chi connectivity index (χ1v) is 8.82. The molecule has 0 saturated carbocycles. The summed E-state index contributed by atoms with van der Waals surface area (Å²) >= 11 is 0. The summed E-state index contributed by atoms with van der Waals surface area (Å²) in [5.74, 6) is 2.51. The maximum absolute atomic E-state index is 8.36. The van der Waals surface area contributed by atoms with Crippen molar-refractivity contribution >= 4 is 12.1 Å². The second kappa shape index (κ2) is 9.41. The summed E-state index contributed by atoms with van der Waals surface area (Å²) in [5, 5.41) is 6.89. The van der Waals surface area contributed by atoms with Gasteiger partial charge in [-0.1, -0.05) is 0 Å². The van der Waals surface area contributed by atoms with Crippen molar-refractivity contribution in [3.8, 4) is 28.6 Å². The monoisotopic (exact) mass is 411 g/mol. The zero-order chi connectivity index (χ0) is 21.5. The van der Waals surface area contributed by atoms with Gasteiger partial charge in [0.05, 0.1) is 46.0 Å². The number of imidazole rings is 2. The summed E-state index contributed by atoms with van der Waals surface area (Å²) in [6, 6.07) is 3.78. The van der Waals surface area contributed by atoms with Gasteiger partial charge in [0.15, 0.2) is 17.1 Å². The Morgan fingerprint density at radius 2 is 1.70 bits per heavy atom. The first kappa shape index (κ1) is 20.6. The van der Waals surface area contributed by atoms with Gasteiger partial charge in [-0.25, -0.2) is 9.97 Å². The number of nitrogens with zero attached hydrogens (tertiary/aromatic N) is 5. The molecule has 1 aromatic carbocycles. The van der Waals surface area contributed by atoms with Crippen LogP contribution in [-0.4, -0.2) is 56.8 Å². The molecule has 0 radical (unpaired) electrons. The van der Waals surface area contributed by atoms with E-state index in [1.54, 1.807) is 39.9 Å². The van der Waals surface area contributed by atoms with Crippen LogP contribution in [-0.2, 0) is 11.3 Å². The molecule has 0 spiro atoms. The van der Waals surface area contributed by atoms with E-state index in [1.165, 1.54) is 0 Å². The second-order valence-electron chi connectivity index (χ2n) is 5.95. The van der Waals surface area contributed by atoms with E-state index in [4.69, 9.17) is 24.1 Å². The van der Waals surface area contributed by atoms with E-state index in [-0.39, 0.29) is 6.47 Å². The summed E-state index contributed by atoms with van der Waals surface area (Å²) < 4.78 is 20.4. The average molecular weight is 411 g/mol. The van der Waals surface area contributed by atoms with E-state index in [1.807, 2.05) is 39.7 Å². The molecular weight excluding hydrogens is 390 g/mol. The summed E-state index contributed by atoms with van der Waals surface area (Å²) in [5.41, 5.74) is 2.70. The molecular formula is C20H21N5O5. The van der Waals surface area contributed by atoms with Crippen molar-refractivity contribution in [3.05, 3.63) is 55.0 Å². The van der Waals surface area contributed by atoms with Crippen LogP contribution in [0.4, 0.5) is 0 Å². The number of rotatable bonds is 6. The van der Waals surface area contributed by atoms with Crippen molar-refractivity contribution in [2.75, 3.05) is 21.3 Å². The summed E-state index contributed by atoms with van der Waals surface area (Å²) in [4.78, 5) is 21.4. The van der Waals surface area contributed by atoms with Gasteiger partial charge in [-0.05, 0) is 12.1 Å². The Hall–Kier alpha value is -4.08. The number of methoxy groups -OCH3 is 3.